The second kappa shape index (κ2) is 13.8. The molecule has 0 spiro atoms. The molecule has 3 aromatic rings. The summed E-state index contributed by atoms with van der Waals surface area (Å²) in [6.07, 6.45) is 2.46. The maximum Gasteiger partial charge on any atom is 0.322 e. The highest BCUT2D eigenvalue weighted by molar-refractivity contribution is 6.04. The number of benzene rings is 2. The number of anilines is 3. The third-order valence-corrected chi connectivity index (χ3v) is 6.07. The second-order valence-electron chi connectivity index (χ2n) is 8.55. The Labute approximate surface area is 218 Å². The number of para-hydroxylation sites is 2. The number of hydrogen-bond donors (Lipinski definition) is 3. The van der Waals surface area contributed by atoms with Gasteiger partial charge in [0.15, 0.2) is 0 Å². The van der Waals surface area contributed by atoms with Crippen LogP contribution in [-0.2, 0) is 6.54 Å². The minimum atomic E-state index is -0.349. The predicted molar refractivity (Wildman–Crippen MR) is 148 cm³/mol. The van der Waals surface area contributed by atoms with Crippen LogP contribution in [0.15, 0.2) is 66.9 Å². The summed E-state index contributed by atoms with van der Waals surface area (Å²) >= 11 is 0. The van der Waals surface area contributed by atoms with Crippen LogP contribution >= 0.6 is 0 Å². The van der Waals surface area contributed by atoms with Crippen LogP contribution < -0.4 is 21.1 Å². The number of nitrogens with one attached hydrogen (secondary N) is 2. The van der Waals surface area contributed by atoms with Gasteiger partial charge in [-0.2, -0.15) is 0 Å². The lowest BCUT2D eigenvalue weighted by atomic mass is 10.2. The van der Waals surface area contributed by atoms with Crippen LogP contribution in [0.5, 0.6) is 5.75 Å². The van der Waals surface area contributed by atoms with Crippen molar-refractivity contribution in [1.82, 2.24) is 14.8 Å². The molecule has 0 fully saturated rings. The topological polar surface area (TPSA) is 113 Å². The zero-order valence-corrected chi connectivity index (χ0v) is 21.7. The van der Waals surface area contributed by atoms with Crippen molar-refractivity contribution in [3.63, 3.8) is 0 Å². The summed E-state index contributed by atoms with van der Waals surface area (Å²) in [5, 5.41) is 5.74. The van der Waals surface area contributed by atoms with Crippen LogP contribution in [0.3, 0.4) is 0 Å². The maximum atomic E-state index is 13.2. The first-order valence-electron chi connectivity index (χ1n) is 12.5. The van der Waals surface area contributed by atoms with Crippen molar-refractivity contribution in [3.05, 3.63) is 78.1 Å². The number of nitrogens with zero attached hydrogens (tertiary/aromatic N) is 3. The van der Waals surface area contributed by atoms with Crippen LogP contribution in [0.2, 0.25) is 0 Å². The zero-order chi connectivity index (χ0) is 26.6. The van der Waals surface area contributed by atoms with E-state index in [2.05, 4.69) is 34.4 Å². The first kappa shape index (κ1) is 27.5. The maximum absolute atomic E-state index is 13.2. The Morgan fingerprint density at radius 2 is 1.68 bits per heavy atom. The van der Waals surface area contributed by atoms with Crippen molar-refractivity contribution in [2.24, 2.45) is 0 Å². The van der Waals surface area contributed by atoms with Gasteiger partial charge >= 0.3 is 6.03 Å². The molecule has 0 saturated heterocycles. The highest BCUT2D eigenvalue weighted by Gasteiger charge is 2.16. The van der Waals surface area contributed by atoms with Gasteiger partial charge in [-0.3, -0.25) is 9.78 Å². The highest BCUT2D eigenvalue weighted by atomic mass is 16.5. The highest BCUT2D eigenvalue weighted by Crippen LogP contribution is 2.18. The number of methoxy groups -OCH3 is 1. The van der Waals surface area contributed by atoms with Gasteiger partial charge in [-0.25, -0.2) is 4.79 Å². The number of amides is 3. The molecule has 0 aliphatic carbocycles. The molecule has 1 aromatic heterocycles. The Hall–Kier alpha value is -4.11. The molecule has 0 atom stereocenters. The van der Waals surface area contributed by atoms with E-state index < -0.39 is 0 Å². The standard InChI is InChI=1S/C28H36N6O3/c1-4-33(5-2)17-8-18-34(28(36)31-22-12-14-23(37-3)15-13-22)20-21-11-16-26(30-19-21)27(35)32-25-10-7-6-9-24(25)29/h6-7,9-16,19H,4-5,8,17-18,20,29H2,1-3H3,(H,31,36)(H,32,35). The van der Waals surface area contributed by atoms with Gasteiger partial charge in [-0.15, -0.1) is 0 Å². The van der Waals surface area contributed by atoms with Gasteiger partial charge in [0.05, 0.1) is 18.5 Å². The summed E-state index contributed by atoms with van der Waals surface area (Å²) in [6.45, 7) is 8.04. The number of nitrogens with two attached hydrogens (primary N) is 1. The quantitative estimate of drug-likeness (QED) is 0.309. The van der Waals surface area contributed by atoms with Gasteiger partial charge in [0, 0.05) is 25.0 Å². The third-order valence-electron chi connectivity index (χ3n) is 6.07. The number of carbonyl (C=O) groups is 2. The molecule has 2 aromatic carbocycles. The van der Waals surface area contributed by atoms with E-state index in [0.29, 0.717) is 30.2 Å². The van der Waals surface area contributed by atoms with Crippen molar-refractivity contribution in [3.8, 4) is 5.75 Å². The largest absolute Gasteiger partial charge is 0.497 e. The molecule has 0 aliphatic rings. The van der Waals surface area contributed by atoms with E-state index in [1.807, 2.05) is 6.07 Å². The number of carbonyl (C=O) groups excluding carboxylic acids is 2. The molecule has 0 saturated carbocycles. The Morgan fingerprint density at radius 3 is 2.30 bits per heavy atom. The van der Waals surface area contributed by atoms with Crippen LogP contribution in [0, 0.1) is 0 Å². The van der Waals surface area contributed by atoms with E-state index in [1.54, 1.807) is 72.8 Å². The van der Waals surface area contributed by atoms with E-state index in [1.165, 1.54) is 0 Å². The van der Waals surface area contributed by atoms with Crippen LogP contribution in [0.25, 0.3) is 0 Å². The van der Waals surface area contributed by atoms with Crippen LogP contribution in [0.4, 0.5) is 21.9 Å². The minimum Gasteiger partial charge on any atom is -0.497 e. The predicted octanol–water partition coefficient (Wildman–Crippen LogP) is 4.69. The molecule has 0 bridgehead atoms. The van der Waals surface area contributed by atoms with Crippen LogP contribution in [-0.4, -0.2) is 60.0 Å². The molecular weight excluding hydrogens is 468 g/mol. The first-order chi connectivity index (χ1) is 17.9. The Balaban J connectivity index is 1.67. The molecule has 9 nitrogen and oxygen atoms in total. The third kappa shape index (κ3) is 8.22. The lowest BCUT2D eigenvalue weighted by Crippen LogP contribution is -2.37. The van der Waals surface area contributed by atoms with Crippen molar-refractivity contribution in [2.45, 2.75) is 26.8 Å². The number of ether oxygens (including phenoxy) is 1. The molecule has 0 aliphatic heterocycles. The van der Waals surface area contributed by atoms with Gasteiger partial charge in [0.2, 0.25) is 0 Å². The average molecular weight is 505 g/mol. The van der Waals surface area contributed by atoms with E-state index in [0.717, 1.165) is 37.4 Å². The normalized spacial score (nSPS) is 10.7. The molecule has 0 unspecified atom stereocenters. The SMILES string of the molecule is CCN(CC)CCCN(Cc1ccc(C(=O)Nc2ccccc2N)nc1)C(=O)Nc1ccc(OC)cc1. The summed E-state index contributed by atoms with van der Waals surface area (Å²) in [5.41, 5.74) is 8.70. The van der Waals surface area contributed by atoms with Crippen molar-refractivity contribution in [2.75, 3.05) is 49.7 Å². The number of rotatable bonds is 12. The Kier molecular flexibility index (Phi) is 10.3. The number of nitrogen functional groups attached to an aromatic ring is 1. The summed E-state index contributed by atoms with van der Waals surface area (Å²) in [7, 11) is 1.60. The molecule has 3 rings (SSSR count). The Bertz CT molecular complexity index is 1150. The Morgan fingerprint density at radius 1 is 0.946 bits per heavy atom. The van der Waals surface area contributed by atoms with Gasteiger partial charge in [-0.05, 0) is 74.1 Å². The molecule has 196 valence electrons. The van der Waals surface area contributed by atoms with Gasteiger partial charge < -0.3 is 30.9 Å². The van der Waals surface area contributed by atoms with Gasteiger partial charge in [0.1, 0.15) is 11.4 Å². The summed E-state index contributed by atoms with van der Waals surface area (Å²) in [6, 6.07) is 17.5. The molecular formula is C28H36N6O3. The lowest BCUT2D eigenvalue weighted by molar-refractivity contribution is 0.102. The summed E-state index contributed by atoms with van der Waals surface area (Å²) in [4.78, 5) is 34.2. The average Bonchev–Trinajstić information content (AvgIpc) is 2.92. The fourth-order valence-electron chi connectivity index (χ4n) is 3.82. The summed E-state index contributed by atoms with van der Waals surface area (Å²) in [5.74, 6) is 0.372. The number of aromatic nitrogens is 1. The van der Waals surface area contributed by atoms with Crippen LogP contribution in [0.1, 0.15) is 36.3 Å². The van der Waals surface area contributed by atoms with E-state index >= 15 is 0 Å². The molecule has 3 amide bonds. The second-order valence-corrected chi connectivity index (χ2v) is 8.55. The van der Waals surface area contributed by atoms with Crippen molar-refractivity contribution < 1.29 is 14.3 Å². The smallest absolute Gasteiger partial charge is 0.322 e. The first-order valence-corrected chi connectivity index (χ1v) is 12.5. The molecule has 37 heavy (non-hydrogen) atoms. The summed E-state index contributed by atoms with van der Waals surface area (Å²) < 4.78 is 5.19. The van der Waals surface area contributed by atoms with Crippen molar-refractivity contribution in [1.29, 1.82) is 0 Å². The van der Waals surface area contributed by atoms with E-state index in [-0.39, 0.29) is 17.6 Å². The fourth-order valence-corrected chi connectivity index (χ4v) is 3.82. The molecule has 0 radical (unpaired) electrons. The van der Waals surface area contributed by atoms with Gasteiger partial charge in [0.25, 0.3) is 5.91 Å². The van der Waals surface area contributed by atoms with Crippen molar-refractivity contribution >= 4 is 29.0 Å². The minimum absolute atomic E-state index is 0.203. The zero-order valence-electron chi connectivity index (χ0n) is 21.7. The molecule has 9 heteroatoms. The van der Waals surface area contributed by atoms with Gasteiger partial charge in [-0.1, -0.05) is 32.0 Å². The van der Waals surface area contributed by atoms with E-state index in [9.17, 15) is 9.59 Å². The monoisotopic (exact) mass is 504 g/mol. The fraction of sp³-hybridized carbons (Fsp3) is 0.321. The molecule has 1 heterocycles. The number of hydrogen-bond acceptors (Lipinski definition) is 6. The number of urea groups is 1. The lowest BCUT2D eigenvalue weighted by Gasteiger charge is -2.25. The number of pyridine rings is 1. The van der Waals surface area contributed by atoms with E-state index in [4.69, 9.17) is 10.5 Å². The molecule has 4 N–H and O–H groups in total.